The standard InChI is InChI=1S/C65H108O6/c1-4-7-10-13-16-19-22-25-27-29-31-32-34-35-37-40-43-46-49-52-55-58-64(67)70-61-62(60-69-63(66)57-54-51-48-45-42-39-24-21-18-15-12-9-6-3)71-65(68)59-56-53-50-47-44-41-38-36-33-30-28-26-23-20-17-14-11-8-5-2/h8-9,11-12,17-18,20-21,26,28,33,36,39,41-42,44,48,51,62H,4-7,10,13-16,19,22-25,27,29-32,34-35,37-38,40,43,45-47,49-50,52-61H2,1-3H3/b11-8-,12-9-,20-17-,21-18-,28-26-,36-33-,42-39-,44-41-,51-48-. The van der Waals surface area contributed by atoms with Gasteiger partial charge in [0.15, 0.2) is 6.10 Å². The summed E-state index contributed by atoms with van der Waals surface area (Å²) in [4.78, 5) is 38.1. The Kier molecular flexibility index (Phi) is 55.4. The smallest absolute Gasteiger partial charge is 0.306 e. The Labute approximate surface area is 438 Å². The van der Waals surface area contributed by atoms with Crippen molar-refractivity contribution in [2.75, 3.05) is 13.2 Å². The van der Waals surface area contributed by atoms with Gasteiger partial charge in [-0.05, 0) is 89.9 Å². The van der Waals surface area contributed by atoms with Crippen LogP contribution in [0, 0.1) is 0 Å². The monoisotopic (exact) mass is 985 g/mol. The average molecular weight is 986 g/mol. The number of esters is 3. The van der Waals surface area contributed by atoms with Gasteiger partial charge in [0.05, 0.1) is 0 Å². The highest BCUT2D eigenvalue weighted by atomic mass is 16.6. The van der Waals surface area contributed by atoms with E-state index >= 15 is 0 Å². The molecule has 0 aliphatic heterocycles. The highest BCUT2D eigenvalue weighted by Gasteiger charge is 2.19. The molecular formula is C65H108O6. The second-order valence-corrected chi connectivity index (χ2v) is 19.1. The minimum Gasteiger partial charge on any atom is -0.462 e. The van der Waals surface area contributed by atoms with Crippen molar-refractivity contribution >= 4 is 17.9 Å². The van der Waals surface area contributed by atoms with Crippen LogP contribution >= 0.6 is 0 Å². The van der Waals surface area contributed by atoms with Gasteiger partial charge in [0.25, 0.3) is 0 Å². The van der Waals surface area contributed by atoms with Gasteiger partial charge in [-0.2, -0.15) is 0 Å². The van der Waals surface area contributed by atoms with Crippen molar-refractivity contribution in [2.24, 2.45) is 0 Å². The number of rotatable bonds is 52. The first kappa shape index (κ1) is 67.1. The molecule has 1 unspecified atom stereocenters. The van der Waals surface area contributed by atoms with Crippen molar-refractivity contribution < 1.29 is 28.6 Å². The summed E-state index contributed by atoms with van der Waals surface area (Å²) in [6.45, 7) is 6.33. The van der Waals surface area contributed by atoms with Crippen LogP contribution < -0.4 is 0 Å². The van der Waals surface area contributed by atoms with Crippen LogP contribution in [0.15, 0.2) is 109 Å². The van der Waals surface area contributed by atoms with E-state index in [1.807, 2.05) is 12.2 Å². The SMILES string of the molecule is CC/C=C\C/C=C\C/C=C\C/C=C\C/C=C\CCCCCC(=O)OC(COC(=O)CC/C=C\C/C=C\C/C=C\C/C=C\CC)COC(=O)CCCCCCCCCCCCCCCCCCCCCCC. The molecule has 404 valence electrons. The Bertz CT molecular complexity index is 1460. The molecule has 0 radical (unpaired) electrons. The van der Waals surface area contributed by atoms with E-state index in [1.165, 1.54) is 116 Å². The maximum Gasteiger partial charge on any atom is 0.306 e. The van der Waals surface area contributed by atoms with E-state index in [-0.39, 0.29) is 44.0 Å². The fourth-order valence-corrected chi connectivity index (χ4v) is 7.95. The third kappa shape index (κ3) is 56.9. The average Bonchev–Trinajstić information content (AvgIpc) is 3.37. The molecule has 0 bridgehead atoms. The zero-order chi connectivity index (χ0) is 51.4. The number of hydrogen-bond donors (Lipinski definition) is 0. The summed E-state index contributed by atoms with van der Waals surface area (Å²) in [5.74, 6) is -1.03. The van der Waals surface area contributed by atoms with E-state index in [0.717, 1.165) is 96.3 Å². The third-order valence-corrected chi connectivity index (χ3v) is 12.3. The van der Waals surface area contributed by atoms with Gasteiger partial charge in [0, 0.05) is 19.3 Å². The Morgan fingerprint density at radius 2 is 0.577 bits per heavy atom. The van der Waals surface area contributed by atoms with Gasteiger partial charge in [-0.25, -0.2) is 0 Å². The molecule has 71 heavy (non-hydrogen) atoms. The number of hydrogen-bond acceptors (Lipinski definition) is 6. The van der Waals surface area contributed by atoms with Crippen LogP contribution in [-0.4, -0.2) is 37.2 Å². The van der Waals surface area contributed by atoms with Crippen molar-refractivity contribution in [3.05, 3.63) is 109 Å². The first-order valence-electron chi connectivity index (χ1n) is 29.4. The topological polar surface area (TPSA) is 78.9 Å². The van der Waals surface area contributed by atoms with Crippen LogP contribution in [0.5, 0.6) is 0 Å². The molecule has 0 saturated carbocycles. The predicted molar refractivity (Wildman–Crippen MR) is 307 cm³/mol. The quantitative estimate of drug-likeness (QED) is 0.0261. The minimum absolute atomic E-state index is 0.113. The van der Waals surface area contributed by atoms with Crippen LogP contribution in [0.1, 0.15) is 265 Å². The van der Waals surface area contributed by atoms with Crippen molar-refractivity contribution in [3.63, 3.8) is 0 Å². The van der Waals surface area contributed by atoms with Crippen LogP contribution in [0.2, 0.25) is 0 Å². The molecule has 0 aromatic rings. The van der Waals surface area contributed by atoms with E-state index in [4.69, 9.17) is 14.2 Å². The number of carbonyl (C=O) groups excluding carboxylic acids is 3. The lowest BCUT2D eigenvalue weighted by atomic mass is 10.0. The summed E-state index contributed by atoms with van der Waals surface area (Å²) in [6, 6.07) is 0. The molecule has 0 aliphatic carbocycles. The summed E-state index contributed by atoms with van der Waals surface area (Å²) in [7, 11) is 0. The molecule has 0 spiro atoms. The maximum atomic E-state index is 12.9. The number of carbonyl (C=O) groups is 3. The van der Waals surface area contributed by atoms with E-state index in [1.54, 1.807) is 0 Å². The van der Waals surface area contributed by atoms with Crippen LogP contribution in [0.4, 0.5) is 0 Å². The number of ether oxygens (including phenoxy) is 3. The molecule has 0 aromatic heterocycles. The largest absolute Gasteiger partial charge is 0.462 e. The second-order valence-electron chi connectivity index (χ2n) is 19.1. The minimum atomic E-state index is -0.825. The van der Waals surface area contributed by atoms with E-state index < -0.39 is 6.10 Å². The molecule has 6 nitrogen and oxygen atoms in total. The van der Waals surface area contributed by atoms with Crippen molar-refractivity contribution in [3.8, 4) is 0 Å². The van der Waals surface area contributed by atoms with Gasteiger partial charge in [-0.3, -0.25) is 14.4 Å². The molecule has 0 aliphatic rings. The number of unbranched alkanes of at least 4 members (excludes halogenated alkanes) is 23. The van der Waals surface area contributed by atoms with Crippen molar-refractivity contribution in [1.82, 2.24) is 0 Å². The molecule has 6 heteroatoms. The van der Waals surface area contributed by atoms with Gasteiger partial charge in [0.1, 0.15) is 13.2 Å². The van der Waals surface area contributed by atoms with Gasteiger partial charge in [0.2, 0.25) is 0 Å². The summed E-state index contributed by atoms with van der Waals surface area (Å²) < 4.78 is 16.8. The predicted octanol–water partition coefficient (Wildman–Crippen LogP) is 19.9. The lowest BCUT2D eigenvalue weighted by Crippen LogP contribution is -2.30. The molecule has 0 heterocycles. The highest BCUT2D eigenvalue weighted by molar-refractivity contribution is 5.71. The summed E-state index contributed by atoms with van der Waals surface area (Å²) in [5.41, 5.74) is 0. The summed E-state index contributed by atoms with van der Waals surface area (Å²) >= 11 is 0. The Morgan fingerprint density at radius 3 is 0.944 bits per heavy atom. The summed E-state index contributed by atoms with van der Waals surface area (Å²) in [6.07, 6.45) is 79.6. The Balaban J connectivity index is 4.45. The van der Waals surface area contributed by atoms with E-state index in [2.05, 4.69) is 118 Å². The number of allylic oxidation sites excluding steroid dienone is 18. The van der Waals surface area contributed by atoms with Crippen molar-refractivity contribution in [2.45, 2.75) is 271 Å². The molecule has 0 fully saturated rings. The second kappa shape index (κ2) is 58.6. The summed E-state index contributed by atoms with van der Waals surface area (Å²) in [5, 5.41) is 0. The van der Waals surface area contributed by atoms with Crippen LogP contribution in [0.3, 0.4) is 0 Å². The first-order valence-corrected chi connectivity index (χ1v) is 29.4. The molecule has 0 N–H and O–H groups in total. The van der Waals surface area contributed by atoms with Gasteiger partial charge in [-0.1, -0.05) is 265 Å². The van der Waals surface area contributed by atoms with Crippen LogP contribution in [-0.2, 0) is 28.6 Å². The van der Waals surface area contributed by atoms with Gasteiger partial charge in [-0.15, -0.1) is 0 Å². The molecule has 0 rings (SSSR count). The van der Waals surface area contributed by atoms with Gasteiger partial charge >= 0.3 is 17.9 Å². The lowest BCUT2D eigenvalue weighted by molar-refractivity contribution is -0.166. The van der Waals surface area contributed by atoms with Crippen LogP contribution in [0.25, 0.3) is 0 Å². The first-order chi connectivity index (χ1) is 35.0. The zero-order valence-electron chi connectivity index (χ0n) is 46.2. The van der Waals surface area contributed by atoms with Crippen molar-refractivity contribution in [1.29, 1.82) is 0 Å². The zero-order valence-corrected chi connectivity index (χ0v) is 46.2. The molecule has 0 saturated heterocycles. The molecular weight excluding hydrogens is 877 g/mol. The van der Waals surface area contributed by atoms with E-state index in [9.17, 15) is 14.4 Å². The fourth-order valence-electron chi connectivity index (χ4n) is 7.95. The van der Waals surface area contributed by atoms with Gasteiger partial charge < -0.3 is 14.2 Å². The molecule has 1 atom stereocenters. The van der Waals surface area contributed by atoms with E-state index in [0.29, 0.717) is 19.3 Å². The fraction of sp³-hybridized carbons (Fsp3) is 0.677. The lowest BCUT2D eigenvalue weighted by Gasteiger charge is -2.18. The highest BCUT2D eigenvalue weighted by Crippen LogP contribution is 2.16. The molecule has 0 aromatic carbocycles. The Hall–Kier alpha value is -3.93. The third-order valence-electron chi connectivity index (χ3n) is 12.3. The normalized spacial score (nSPS) is 12.9. The maximum absolute atomic E-state index is 12.9. The molecule has 0 amide bonds. The Morgan fingerprint density at radius 1 is 0.296 bits per heavy atom.